The molecule has 7 nitrogen and oxygen atoms in total. The van der Waals surface area contributed by atoms with E-state index in [9.17, 15) is 18.4 Å². The Hall–Kier alpha value is -3.88. The standard InChI is InChI=1S/C22H17F2N5O2/c23-14-3-7-16(8-4-14)26-19(30)12-28-22(31)21-18(20(27-28)13-1-2-13)11-25-29(21)17-9-5-15(24)6-10-17/h3-11,13H,1-2,12H2,(H,26,30). The van der Waals surface area contributed by atoms with Gasteiger partial charge in [0.2, 0.25) is 5.91 Å². The molecule has 0 aliphatic heterocycles. The number of rotatable bonds is 5. The number of carbonyl (C=O) groups excluding carboxylic acids is 1. The summed E-state index contributed by atoms with van der Waals surface area (Å²) in [7, 11) is 0. The van der Waals surface area contributed by atoms with Crippen molar-refractivity contribution in [1.29, 1.82) is 0 Å². The first-order valence-electron chi connectivity index (χ1n) is 9.80. The van der Waals surface area contributed by atoms with Crippen LogP contribution in [-0.4, -0.2) is 25.5 Å². The van der Waals surface area contributed by atoms with Crippen LogP contribution in [0.5, 0.6) is 0 Å². The van der Waals surface area contributed by atoms with Crippen molar-refractivity contribution in [2.45, 2.75) is 25.3 Å². The van der Waals surface area contributed by atoms with Gasteiger partial charge in [-0.05, 0) is 61.4 Å². The lowest BCUT2D eigenvalue weighted by atomic mass is 10.2. The minimum atomic E-state index is -0.476. The van der Waals surface area contributed by atoms with Crippen molar-refractivity contribution in [3.63, 3.8) is 0 Å². The molecule has 9 heteroatoms. The molecule has 1 saturated carbocycles. The van der Waals surface area contributed by atoms with E-state index in [2.05, 4.69) is 15.5 Å². The fourth-order valence-corrected chi connectivity index (χ4v) is 3.51. The molecule has 2 aromatic heterocycles. The quantitative estimate of drug-likeness (QED) is 0.536. The number of nitrogens with zero attached hydrogens (tertiary/aromatic N) is 4. The summed E-state index contributed by atoms with van der Waals surface area (Å²) < 4.78 is 29.0. The predicted octanol–water partition coefficient (Wildman–Crippen LogP) is 3.38. The number of anilines is 1. The van der Waals surface area contributed by atoms with Crippen molar-refractivity contribution in [3.8, 4) is 5.69 Å². The van der Waals surface area contributed by atoms with Crippen molar-refractivity contribution in [3.05, 3.63) is 82.4 Å². The van der Waals surface area contributed by atoms with Gasteiger partial charge in [-0.25, -0.2) is 18.1 Å². The fraction of sp³-hybridized carbons (Fsp3) is 0.182. The van der Waals surface area contributed by atoms with Gasteiger partial charge in [0.15, 0.2) is 0 Å². The second-order valence-corrected chi connectivity index (χ2v) is 7.47. The number of hydrogen-bond acceptors (Lipinski definition) is 4. The molecule has 1 N–H and O–H groups in total. The molecule has 1 amide bonds. The van der Waals surface area contributed by atoms with Gasteiger partial charge >= 0.3 is 0 Å². The number of halogens is 2. The third kappa shape index (κ3) is 3.70. The zero-order chi connectivity index (χ0) is 21.5. The molecule has 0 bridgehead atoms. The second-order valence-electron chi connectivity index (χ2n) is 7.47. The molecular weight excluding hydrogens is 404 g/mol. The Morgan fingerprint density at radius 2 is 1.68 bits per heavy atom. The minimum absolute atomic E-state index is 0.209. The molecule has 0 unspecified atom stereocenters. The first kappa shape index (κ1) is 19.1. The molecule has 4 aromatic rings. The maximum atomic E-state index is 13.3. The summed E-state index contributed by atoms with van der Waals surface area (Å²) >= 11 is 0. The van der Waals surface area contributed by atoms with E-state index in [0.29, 0.717) is 16.8 Å². The van der Waals surface area contributed by atoms with Crippen LogP contribution in [0, 0.1) is 11.6 Å². The highest BCUT2D eigenvalue weighted by Gasteiger charge is 2.30. The summed E-state index contributed by atoms with van der Waals surface area (Å²) in [6.07, 6.45) is 3.48. The summed E-state index contributed by atoms with van der Waals surface area (Å²) in [5.74, 6) is -1.06. The highest BCUT2D eigenvalue weighted by Crippen LogP contribution is 2.41. The summed E-state index contributed by atoms with van der Waals surface area (Å²) in [6, 6.07) is 11.0. The Morgan fingerprint density at radius 1 is 1.03 bits per heavy atom. The van der Waals surface area contributed by atoms with Crippen molar-refractivity contribution >= 4 is 22.5 Å². The molecular formula is C22H17F2N5O2. The lowest BCUT2D eigenvalue weighted by molar-refractivity contribution is -0.117. The zero-order valence-electron chi connectivity index (χ0n) is 16.3. The Balaban J connectivity index is 1.55. The number of aromatic nitrogens is 4. The van der Waals surface area contributed by atoms with E-state index in [1.54, 1.807) is 6.20 Å². The third-order valence-electron chi connectivity index (χ3n) is 5.17. The maximum Gasteiger partial charge on any atom is 0.293 e. The van der Waals surface area contributed by atoms with E-state index in [-0.39, 0.29) is 18.0 Å². The number of nitrogens with one attached hydrogen (secondary N) is 1. The van der Waals surface area contributed by atoms with Crippen LogP contribution in [0.15, 0.2) is 59.5 Å². The molecule has 31 heavy (non-hydrogen) atoms. The third-order valence-corrected chi connectivity index (χ3v) is 5.17. The van der Waals surface area contributed by atoms with Crippen LogP contribution < -0.4 is 10.9 Å². The Morgan fingerprint density at radius 3 is 2.32 bits per heavy atom. The molecule has 2 heterocycles. The van der Waals surface area contributed by atoms with Crippen molar-refractivity contribution in [2.24, 2.45) is 0 Å². The molecule has 0 spiro atoms. The summed E-state index contributed by atoms with van der Waals surface area (Å²) in [6.45, 7) is -0.305. The highest BCUT2D eigenvalue weighted by molar-refractivity contribution is 5.90. The average molecular weight is 421 g/mol. The number of hydrogen-bond donors (Lipinski definition) is 1. The van der Waals surface area contributed by atoms with Crippen LogP contribution in [-0.2, 0) is 11.3 Å². The van der Waals surface area contributed by atoms with Crippen LogP contribution in [0.3, 0.4) is 0 Å². The molecule has 5 rings (SSSR count). The smallest absolute Gasteiger partial charge is 0.293 e. The Bertz CT molecular complexity index is 1340. The average Bonchev–Trinajstić information content (AvgIpc) is 3.50. The second kappa shape index (κ2) is 7.42. The molecule has 0 atom stereocenters. The largest absolute Gasteiger partial charge is 0.324 e. The lowest BCUT2D eigenvalue weighted by Gasteiger charge is -2.10. The topological polar surface area (TPSA) is 81.8 Å². The van der Waals surface area contributed by atoms with E-state index in [1.165, 1.54) is 53.2 Å². The Labute approximate surface area is 174 Å². The van der Waals surface area contributed by atoms with Crippen molar-refractivity contribution < 1.29 is 13.6 Å². The lowest BCUT2D eigenvalue weighted by Crippen LogP contribution is -2.31. The van der Waals surface area contributed by atoms with Crippen LogP contribution in [0.25, 0.3) is 16.6 Å². The Kier molecular flexibility index (Phi) is 4.58. The van der Waals surface area contributed by atoms with E-state index in [4.69, 9.17) is 0 Å². The number of carbonyl (C=O) groups is 1. The predicted molar refractivity (Wildman–Crippen MR) is 110 cm³/mol. The van der Waals surface area contributed by atoms with Gasteiger partial charge < -0.3 is 5.32 Å². The van der Waals surface area contributed by atoms with Gasteiger partial charge in [0.25, 0.3) is 5.56 Å². The first-order chi connectivity index (χ1) is 15.0. The van der Waals surface area contributed by atoms with Crippen LogP contribution in [0.2, 0.25) is 0 Å². The molecule has 156 valence electrons. The van der Waals surface area contributed by atoms with Gasteiger partial charge in [-0.2, -0.15) is 10.2 Å². The number of fused-ring (bicyclic) bond motifs is 1. The summed E-state index contributed by atoms with van der Waals surface area (Å²) in [4.78, 5) is 25.7. The maximum absolute atomic E-state index is 13.3. The van der Waals surface area contributed by atoms with Crippen LogP contribution in [0.4, 0.5) is 14.5 Å². The number of amides is 1. The molecule has 1 aliphatic carbocycles. The fourth-order valence-electron chi connectivity index (χ4n) is 3.51. The van der Waals surface area contributed by atoms with Gasteiger partial charge in [-0.1, -0.05) is 0 Å². The first-order valence-corrected chi connectivity index (χ1v) is 9.80. The van der Waals surface area contributed by atoms with Gasteiger partial charge in [0, 0.05) is 17.0 Å². The van der Waals surface area contributed by atoms with Gasteiger partial charge in [0.05, 0.1) is 17.6 Å². The van der Waals surface area contributed by atoms with Crippen LogP contribution in [0.1, 0.15) is 24.5 Å². The van der Waals surface area contributed by atoms with E-state index in [1.807, 2.05) is 0 Å². The van der Waals surface area contributed by atoms with Crippen molar-refractivity contribution in [1.82, 2.24) is 19.6 Å². The molecule has 1 aliphatic rings. The molecule has 0 saturated heterocycles. The van der Waals surface area contributed by atoms with Gasteiger partial charge in [-0.3, -0.25) is 9.59 Å². The zero-order valence-corrected chi connectivity index (χ0v) is 16.3. The van der Waals surface area contributed by atoms with Crippen LogP contribution >= 0.6 is 0 Å². The van der Waals surface area contributed by atoms with Gasteiger partial charge in [-0.15, -0.1) is 0 Å². The normalized spacial score (nSPS) is 13.5. The van der Waals surface area contributed by atoms with Gasteiger partial charge in [0.1, 0.15) is 23.7 Å². The molecule has 0 radical (unpaired) electrons. The summed E-state index contributed by atoms with van der Waals surface area (Å²) in [5.41, 5.74) is 1.48. The van der Waals surface area contributed by atoms with E-state index >= 15 is 0 Å². The highest BCUT2D eigenvalue weighted by atomic mass is 19.1. The summed E-state index contributed by atoms with van der Waals surface area (Å²) in [5, 5.41) is 12.0. The monoisotopic (exact) mass is 421 g/mol. The molecule has 1 fully saturated rings. The SMILES string of the molecule is O=C(Cn1nc(C2CC2)c2cnn(-c3ccc(F)cc3)c2c1=O)Nc1ccc(F)cc1. The van der Waals surface area contributed by atoms with E-state index < -0.39 is 23.1 Å². The van der Waals surface area contributed by atoms with Crippen molar-refractivity contribution in [2.75, 3.05) is 5.32 Å². The molecule has 2 aromatic carbocycles. The number of benzene rings is 2. The minimum Gasteiger partial charge on any atom is -0.324 e. The van der Waals surface area contributed by atoms with E-state index in [0.717, 1.165) is 23.2 Å².